The van der Waals surface area contributed by atoms with Gasteiger partial charge in [0.25, 0.3) is 5.56 Å². The molecule has 0 aromatic carbocycles. The van der Waals surface area contributed by atoms with E-state index in [9.17, 15) is 14.7 Å². The fraction of sp³-hybridized carbons (Fsp3) is 0.692. The summed E-state index contributed by atoms with van der Waals surface area (Å²) in [5, 5.41) is 9.92. The molecule has 1 aromatic heterocycles. The first-order valence-corrected chi connectivity index (χ1v) is 6.78. The number of likely N-dealkylation sites (tertiary alicyclic amines) is 1. The normalized spacial score (nSPS) is 17.8. The van der Waals surface area contributed by atoms with Crippen LogP contribution in [-0.4, -0.2) is 39.2 Å². The number of rotatable bonds is 3. The number of aromatic amines is 1. The molecule has 1 aliphatic heterocycles. The number of hydrogen-bond donors (Lipinski definition) is 2. The molecule has 0 spiro atoms. The minimum absolute atomic E-state index is 0.200. The van der Waals surface area contributed by atoms with Gasteiger partial charge >= 0.3 is 5.69 Å². The Bertz CT molecular complexity index is 553. The van der Waals surface area contributed by atoms with Crippen LogP contribution in [0.4, 0.5) is 0 Å². The maximum atomic E-state index is 11.7. The van der Waals surface area contributed by atoms with Gasteiger partial charge in [0.15, 0.2) is 0 Å². The lowest BCUT2D eigenvalue weighted by molar-refractivity contribution is 0.176. The van der Waals surface area contributed by atoms with Gasteiger partial charge in [-0.2, -0.15) is 0 Å². The smallest absolute Gasteiger partial charge is 0.331 e. The molecule has 0 unspecified atom stereocenters. The lowest BCUT2D eigenvalue weighted by Crippen LogP contribution is -2.38. The molecule has 106 valence electrons. The molecule has 0 atom stereocenters. The van der Waals surface area contributed by atoms with E-state index in [0.717, 1.165) is 32.5 Å². The van der Waals surface area contributed by atoms with E-state index >= 15 is 0 Å². The fourth-order valence-electron chi connectivity index (χ4n) is 2.57. The Morgan fingerprint density at radius 1 is 1.32 bits per heavy atom. The SMILES string of the molecule is CCN1CCC(Cn2c(O)c(C)c(=O)[nH]c2=O)CC1. The lowest BCUT2D eigenvalue weighted by atomic mass is 9.96. The van der Waals surface area contributed by atoms with Crippen LogP contribution < -0.4 is 11.2 Å². The third kappa shape index (κ3) is 2.89. The molecule has 2 rings (SSSR count). The third-order valence-corrected chi connectivity index (χ3v) is 3.99. The molecular formula is C13H21N3O3. The van der Waals surface area contributed by atoms with Crippen LogP contribution in [0.3, 0.4) is 0 Å². The van der Waals surface area contributed by atoms with Crippen molar-refractivity contribution in [2.24, 2.45) is 5.92 Å². The largest absolute Gasteiger partial charge is 0.494 e. The van der Waals surface area contributed by atoms with Crippen LogP contribution in [0.2, 0.25) is 0 Å². The van der Waals surface area contributed by atoms with Gasteiger partial charge < -0.3 is 10.0 Å². The molecule has 2 heterocycles. The molecule has 2 N–H and O–H groups in total. The lowest BCUT2D eigenvalue weighted by Gasteiger charge is -2.31. The average Bonchev–Trinajstić information content (AvgIpc) is 2.42. The molecule has 0 radical (unpaired) electrons. The topological polar surface area (TPSA) is 78.3 Å². The molecule has 1 saturated heterocycles. The number of H-pyrrole nitrogens is 1. The van der Waals surface area contributed by atoms with Crippen molar-refractivity contribution in [1.82, 2.24) is 14.5 Å². The summed E-state index contributed by atoms with van der Waals surface area (Å²) >= 11 is 0. The van der Waals surface area contributed by atoms with Gasteiger partial charge in [-0.15, -0.1) is 0 Å². The molecule has 0 aliphatic carbocycles. The standard InChI is InChI=1S/C13H21N3O3/c1-3-15-6-4-10(5-7-15)8-16-12(18)9(2)11(17)14-13(16)19/h10,18H,3-8H2,1-2H3,(H,14,17,19). The summed E-state index contributed by atoms with van der Waals surface area (Å²) in [7, 11) is 0. The highest BCUT2D eigenvalue weighted by molar-refractivity contribution is 5.20. The summed E-state index contributed by atoms with van der Waals surface area (Å²) in [5.41, 5.74) is -0.837. The minimum Gasteiger partial charge on any atom is -0.494 e. The molecule has 0 amide bonds. The predicted molar refractivity (Wildman–Crippen MR) is 72.6 cm³/mol. The number of aromatic hydroxyl groups is 1. The molecule has 6 nitrogen and oxygen atoms in total. The second kappa shape index (κ2) is 5.61. The van der Waals surface area contributed by atoms with Crippen molar-refractivity contribution in [2.75, 3.05) is 19.6 Å². The first-order chi connectivity index (χ1) is 9.02. The van der Waals surface area contributed by atoms with Crippen LogP contribution >= 0.6 is 0 Å². The van der Waals surface area contributed by atoms with E-state index in [1.165, 1.54) is 11.5 Å². The van der Waals surface area contributed by atoms with Crippen LogP contribution in [0.15, 0.2) is 9.59 Å². The molecule has 1 aromatic rings. The molecule has 0 saturated carbocycles. The van der Waals surface area contributed by atoms with Crippen molar-refractivity contribution >= 4 is 0 Å². The zero-order valence-corrected chi connectivity index (χ0v) is 11.5. The number of hydrogen-bond acceptors (Lipinski definition) is 4. The van der Waals surface area contributed by atoms with Gasteiger partial charge in [0.1, 0.15) is 0 Å². The van der Waals surface area contributed by atoms with Crippen LogP contribution in [0.5, 0.6) is 5.88 Å². The zero-order valence-electron chi connectivity index (χ0n) is 11.5. The maximum Gasteiger partial charge on any atom is 0.331 e. The van der Waals surface area contributed by atoms with Crippen molar-refractivity contribution in [3.8, 4) is 5.88 Å². The van der Waals surface area contributed by atoms with E-state index in [4.69, 9.17) is 0 Å². The van der Waals surface area contributed by atoms with Crippen molar-refractivity contribution in [1.29, 1.82) is 0 Å². The molecule has 1 aliphatic rings. The van der Waals surface area contributed by atoms with E-state index in [2.05, 4.69) is 16.8 Å². The highest BCUT2D eigenvalue weighted by Gasteiger charge is 2.20. The Balaban J connectivity index is 2.15. The molecule has 6 heteroatoms. The first-order valence-electron chi connectivity index (χ1n) is 6.78. The van der Waals surface area contributed by atoms with Crippen molar-refractivity contribution < 1.29 is 5.11 Å². The highest BCUT2D eigenvalue weighted by Crippen LogP contribution is 2.20. The summed E-state index contributed by atoms with van der Waals surface area (Å²) in [6.07, 6.45) is 2.02. The van der Waals surface area contributed by atoms with E-state index < -0.39 is 11.2 Å². The molecular weight excluding hydrogens is 246 g/mol. The molecule has 0 bridgehead atoms. The van der Waals surface area contributed by atoms with Crippen LogP contribution in [0, 0.1) is 12.8 Å². The number of aromatic nitrogens is 2. The predicted octanol–water partition coefficient (Wildman–Crippen LogP) is 0.283. The van der Waals surface area contributed by atoms with Gasteiger partial charge in [0.2, 0.25) is 5.88 Å². The minimum atomic E-state index is -0.522. The Morgan fingerprint density at radius 2 is 1.95 bits per heavy atom. The van der Waals surface area contributed by atoms with Crippen molar-refractivity contribution in [3.05, 3.63) is 26.4 Å². The van der Waals surface area contributed by atoms with E-state index in [1.807, 2.05) is 0 Å². The van der Waals surface area contributed by atoms with Gasteiger partial charge in [-0.1, -0.05) is 6.92 Å². The first kappa shape index (κ1) is 13.9. The molecule has 1 fully saturated rings. The van der Waals surface area contributed by atoms with Crippen LogP contribution in [0.25, 0.3) is 0 Å². The molecule has 19 heavy (non-hydrogen) atoms. The highest BCUT2D eigenvalue weighted by atomic mass is 16.3. The summed E-state index contributed by atoms with van der Waals surface area (Å²) < 4.78 is 1.28. The fourth-order valence-corrected chi connectivity index (χ4v) is 2.57. The number of nitrogens with one attached hydrogen (secondary N) is 1. The Kier molecular flexibility index (Phi) is 4.09. The Morgan fingerprint density at radius 3 is 2.53 bits per heavy atom. The van der Waals surface area contributed by atoms with Crippen LogP contribution in [0.1, 0.15) is 25.3 Å². The summed E-state index contributed by atoms with van der Waals surface area (Å²) in [4.78, 5) is 27.7. The monoisotopic (exact) mass is 267 g/mol. The summed E-state index contributed by atoms with van der Waals surface area (Å²) in [6, 6.07) is 0. The van der Waals surface area contributed by atoms with Gasteiger partial charge in [-0.25, -0.2) is 4.79 Å². The van der Waals surface area contributed by atoms with Crippen molar-refractivity contribution in [3.63, 3.8) is 0 Å². The Labute approximate surface area is 111 Å². The second-order valence-corrected chi connectivity index (χ2v) is 5.20. The van der Waals surface area contributed by atoms with E-state index in [1.54, 1.807) is 0 Å². The van der Waals surface area contributed by atoms with Crippen LogP contribution in [-0.2, 0) is 6.54 Å². The van der Waals surface area contributed by atoms with Gasteiger partial charge in [0, 0.05) is 6.54 Å². The summed E-state index contributed by atoms with van der Waals surface area (Å²) in [5.74, 6) is 0.170. The summed E-state index contributed by atoms with van der Waals surface area (Å²) in [6.45, 7) is 7.24. The van der Waals surface area contributed by atoms with Gasteiger partial charge in [0.05, 0.1) is 5.56 Å². The second-order valence-electron chi connectivity index (χ2n) is 5.20. The third-order valence-electron chi connectivity index (χ3n) is 3.99. The van der Waals surface area contributed by atoms with Crippen molar-refractivity contribution in [2.45, 2.75) is 33.2 Å². The van der Waals surface area contributed by atoms with Gasteiger partial charge in [-0.3, -0.25) is 14.3 Å². The zero-order chi connectivity index (χ0) is 14.0. The maximum absolute atomic E-state index is 11.7. The average molecular weight is 267 g/mol. The van der Waals surface area contributed by atoms with Gasteiger partial charge in [-0.05, 0) is 45.3 Å². The quantitative estimate of drug-likeness (QED) is 0.824. The Hall–Kier alpha value is -1.56. The van der Waals surface area contributed by atoms with E-state index in [0.29, 0.717) is 12.5 Å². The van der Waals surface area contributed by atoms with E-state index in [-0.39, 0.29) is 11.4 Å². The number of nitrogens with zero attached hydrogens (tertiary/aromatic N) is 2. The number of piperidine rings is 1.